The molecule has 5 nitrogen and oxygen atoms in total. The maximum absolute atomic E-state index is 5.46. The molecule has 1 rings (SSSR count). The Bertz CT molecular complexity index is 216. The molecule has 6 N–H and O–H groups in total. The molecule has 0 amide bonds. The number of aliphatic imine (C=N–C) groups is 2. The van der Waals surface area contributed by atoms with Crippen molar-refractivity contribution in [3.8, 4) is 0 Å². The van der Waals surface area contributed by atoms with Crippen LogP contribution in [-0.4, -0.2) is 18.5 Å². The number of guanidine groups is 2. The molecule has 1 saturated carbocycles. The van der Waals surface area contributed by atoms with Crippen molar-refractivity contribution in [3.05, 3.63) is 0 Å². The Morgan fingerprint density at radius 2 is 1.71 bits per heavy atom. The van der Waals surface area contributed by atoms with Gasteiger partial charge < -0.3 is 17.2 Å². The molecule has 1 fully saturated rings. The van der Waals surface area contributed by atoms with Crippen LogP contribution in [0.1, 0.15) is 25.7 Å². The molecule has 0 bridgehead atoms. The van der Waals surface area contributed by atoms with Crippen LogP contribution in [0.5, 0.6) is 0 Å². The smallest absolute Gasteiger partial charge is 0.218 e. The SMILES string of the molecule is Cl.NC(N)=NC(N)=NCC1CCCC1. The summed E-state index contributed by atoms with van der Waals surface area (Å²) in [4.78, 5) is 7.73. The molecule has 0 unspecified atom stereocenters. The first-order valence-corrected chi connectivity index (χ1v) is 4.58. The molecule has 0 spiro atoms. The van der Waals surface area contributed by atoms with Crippen LogP contribution in [-0.2, 0) is 0 Å². The fourth-order valence-electron chi connectivity index (χ4n) is 1.58. The molecule has 1 aliphatic carbocycles. The zero-order valence-electron chi connectivity index (χ0n) is 8.15. The molecule has 0 aliphatic heterocycles. The highest BCUT2D eigenvalue weighted by Crippen LogP contribution is 2.24. The Morgan fingerprint density at radius 3 is 2.21 bits per heavy atom. The van der Waals surface area contributed by atoms with Gasteiger partial charge in [0.15, 0.2) is 5.96 Å². The predicted octanol–water partition coefficient (Wildman–Crippen LogP) is 0.186. The molecule has 0 atom stereocenters. The van der Waals surface area contributed by atoms with E-state index in [1.807, 2.05) is 0 Å². The highest BCUT2D eigenvalue weighted by molar-refractivity contribution is 5.92. The molecule has 82 valence electrons. The highest BCUT2D eigenvalue weighted by atomic mass is 35.5. The van der Waals surface area contributed by atoms with Gasteiger partial charge in [-0.1, -0.05) is 12.8 Å². The largest absolute Gasteiger partial charge is 0.370 e. The van der Waals surface area contributed by atoms with E-state index in [9.17, 15) is 0 Å². The van der Waals surface area contributed by atoms with Gasteiger partial charge in [-0.15, -0.1) is 12.4 Å². The fraction of sp³-hybridized carbons (Fsp3) is 0.750. The maximum atomic E-state index is 5.46. The number of nitrogens with zero attached hydrogens (tertiary/aromatic N) is 2. The van der Waals surface area contributed by atoms with E-state index < -0.39 is 0 Å². The molecule has 14 heavy (non-hydrogen) atoms. The predicted molar refractivity (Wildman–Crippen MR) is 61.5 cm³/mol. The van der Waals surface area contributed by atoms with E-state index in [-0.39, 0.29) is 24.3 Å². The maximum Gasteiger partial charge on any atom is 0.218 e. The lowest BCUT2D eigenvalue weighted by Crippen LogP contribution is -2.26. The molecule has 0 radical (unpaired) electrons. The van der Waals surface area contributed by atoms with Gasteiger partial charge in [-0.2, -0.15) is 4.99 Å². The Labute approximate surface area is 90.3 Å². The fourth-order valence-corrected chi connectivity index (χ4v) is 1.58. The van der Waals surface area contributed by atoms with Crippen LogP contribution in [0, 0.1) is 5.92 Å². The van der Waals surface area contributed by atoms with Crippen molar-refractivity contribution in [2.45, 2.75) is 25.7 Å². The van der Waals surface area contributed by atoms with Crippen LogP contribution >= 0.6 is 12.4 Å². The molecule has 0 aromatic heterocycles. The van der Waals surface area contributed by atoms with E-state index in [4.69, 9.17) is 17.2 Å². The van der Waals surface area contributed by atoms with Gasteiger partial charge in [0, 0.05) is 6.54 Å². The molecule has 1 aliphatic rings. The third-order valence-electron chi connectivity index (χ3n) is 2.23. The van der Waals surface area contributed by atoms with Crippen molar-refractivity contribution in [1.82, 2.24) is 0 Å². The lowest BCUT2D eigenvalue weighted by atomic mass is 10.1. The van der Waals surface area contributed by atoms with Gasteiger partial charge in [0.1, 0.15) is 0 Å². The molecular weight excluding hydrogens is 202 g/mol. The summed E-state index contributed by atoms with van der Waals surface area (Å²) < 4.78 is 0. The average molecular weight is 220 g/mol. The molecule has 0 saturated heterocycles. The summed E-state index contributed by atoms with van der Waals surface area (Å²) in [6.07, 6.45) is 5.11. The normalized spacial score (nSPS) is 17.6. The zero-order valence-corrected chi connectivity index (χ0v) is 8.96. The standard InChI is InChI=1S/C8H17N5.ClH/c9-7(10)13-8(11)12-5-6-3-1-2-4-6;/h6H,1-5H2,(H6,9,10,11,12,13);1H. The number of hydrogen-bond donors (Lipinski definition) is 3. The second-order valence-corrected chi connectivity index (χ2v) is 3.39. The van der Waals surface area contributed by atoms with E-state index in [0.717, 1.165) is 6.54 Å². The van der Waals surface area contributed by atoms with Crippen molar-refractivity contribution in [3.63, 3.8) is 0 Å². The Hall–Kier alpha value is -0.970. The van der Waals surface area contributed by atoms with Crippen LogP contribution in [0.4, 0.5) is 0 Å². The van der Waals surface area contributed by atoms with E-state index in [2.05, 4.69) is 9.98 Å². The first kappa shape index (κ1) is 13.0. The lowest BCUT2D eigenvalue weighted by Gasteiger charge is -2.03. The summed E-state index contributed by atoms with van der Waals surface area (Å²) in [5.41, 5.74) is 15.7. The van der Waals surface area contributed by atoms with Gasteiger partial charge in [-0.25, -0.2) is 0 Å². The van der Waals surface area contributed by atoms with Gasteiger partial charge in [-0.3, -0.25) is 4.99 Å². The minimum Gasteiger partial charge on any atom is -0.370 e. The molecular formula is C8H18ClN5. The quantitative estimate of drug-likeness (QED) is 0.456. The third kappa shape index (κ3) is 4.91. The van der Waals surface area contributed by atoms with Crippen LogP contribution < -0.4 is 17.2 Å². The second-order valence-electron chi connectivity index (χ2n) is 3.39. The molecule has 0 aromatic rings. The Morgan fingerprint density at radius 1 is 1.14 bits per heavy atom. The van der Waals surface area contributed by atoms with E-state index in [1.54, 1.807) is 0 Å². The lowest BCUT2D eigenvalue weighted by molar-refractivity contribution is 0.563. The van der Waals surface area contributed by atoms with Gasteiger partial charge in [0.25, 0.3) is 0 Å². The summed E-state index contributed by atoms with van der Waals surface area (Å²) in [5.74, 6) is 0.826. The first-order chi connectivity index (χ1) is 6.18. The summed E-state index contributed by atoms with van der Waals surface area (Å²) in [6.45, 7) is 0.753. The van der Waals surface area contributed by atoms with Crippen LogP contribution in [0.15, 0.2) is 9.98 Å². The van der Waals surface area contributed by atoms with Crippen molar-refractivity contribution in [2.75, 3.05) is 6.54 Å². The highest BCUT2D eigenvalue weighted by Gasteiger charge is 2.13. The third-order valence-corrected chi connectivity index (χ3v) is 2.23. The number of halogens is 1. The Balaban J connectivity index is 0.00000169. The van der Waals surface area contributed by atoms with E-state index in [0.29, 0.717) is 5.92 Å². The van der Waals surface area contributed by atoms with Gasteiger partial charge in [0.2, 0.25) is 5.96 Å². The average Bonchev–Trinajstić information content (AvgIpc) is 2.51. The van der Waals surface area contributed by atoms with E-state index in [1.165, 1.54) is 25.7 Å². The number of rotatable bonds is 2. The molecule has 0 aromatic carbocycles. The summed E-state index contributed by atoms with van der Waals surface area (Å²) in [7, 11) is 0. The van der Waals surface area contributed by atoms with Crippen LogP contribution in [0.25, 0.3) is 0 Å². The molecule has 0 heterocycles. The van der Waals surface area contributed by atoms with Gasteiger partial charge in [-0.05, 0) is 18.8 Å². The van der Waals surface area contributed by atoms with Crippen molar-refractivity contribution >= 4 is 24.3 Å². The van der Waals surface area contributed by atoms with E-state index >= 15 is 0 Å². The van der Waals surface area contributed by atoms with Crippen molar-refractivity contribution < 1.29 is 0 Å². The molecule has 6 heteroatoms. The monoisotopic (exact) mass is 219 g/mol. The van der Waals surface area contributed by atoms with Gasteiger partial charge in [0.05, 0.1) is 0 Å². The number of hydrogen-bond acceptors (Lipinski definition) is 1. The van der Waals surface area contributed by atoms with Crippen LogP contribution in [0.2, 0.25) is 0 Å². The summed E-state index contributed by atoms with van der Waals surface area (Å²) in [6, 6.07) is 0. The minimum absolute atomic E-state index is 0. The van der Waals surface area contributed by atoms with Crippen molar-refractivity contribution in [1.29, 1.82) is 0 Å². The second kappa shape index (κ2) is 6.48. The van der Waals surface area contributed by atoms with Gasteiger partial charge >= 0.3 is 0 Å². The summed E-state index contributed by atoms with van der Waals surface area (Å²) >= 11 is 0. The Kier molecular flexibility index (Phi) is 6.03. The number of nitrogens with two attached hydrogens (primary N) is 3. The first-order valence-electron chi connectivity index (χ1n) is 4.58. The topological polar surface area (TPSA) is 103 Å². The minimum atomic E-state index is -0.0346. The zero-order chi connectivity index (χ0) is 9.68. The van der Waals surface area contributed by atoms with Crippen molar-refractivity contribution in [2.24, 2.45) is 33.1 Å². The van der Waals surface area contributed by atoms with Crippen LogP contribution in [0.3, 0.4) is 0 Å². The summed E-state index contributed by atoms with van der Waals surface area (Å²) in [5, 5.41) is 0.